The van der Waals surface area contributed by atoms with Crippen molar-refractivity contribution in [1.29, 1.82) is 0 Å². The van der Waals surface area contributed by atoms with Gasteiger partial charge >= 0.3 is 0 Å². The van der Waals surface area contributed by atoms with Crippen molar-refractivity contribution in [1.82, 2.24) is 10.0 Å². The topological polar surface area (TPSA) is 87.3 Å². The third-order valence-corrected chi connectivity index (χ3v) is 5.08. The second-order valence-corrected chi connectivity index (χ2v) is 7.25. The summed E-state index contributed by atoms with van der Waals surface area (Å²) in [5, 5.41) is 5.96. The van der Waals surface area contributed by atoms with Gasteiger partial charge in [0, 0.05) is 5.69 Å². The Hall–Kier alpha value is -1.44. The van der Waals surface area contributed by atoms with Crippen molar-refractivity contribution in [3.63, 3.8) is 0 Å². The van der Waals surface area contributed by atoms with E-state index < -0.39 is 10.0 Å². The fourth-order valence-corrected chi connectivity index (χ4v) is 3.17. The van der Waals surface area contributed by atoms with E-state index in [0.29, 0.717) is 11.6 Å². The molecule has 2 rings (SSSR count). The number of carbonyl (C=O) groups excluding carboxylic acids is 1. The zero-order valence-electron chi connectivity index (χ0n) is 12.2. The highest BCUT2D eigenvalue weighted by Gasteiger charge is 2.24. The molecule has 0 bridgehead atoms. The normalized spacial score (nSPS) is 22.8. The highest BCUT2D eigenvalue weighted by Crippen LogP contribution is 2.18. The third-order valence-electron chi connectivity index (χ3n) is 3.66. The van der Waals surface area contributed by atoms with Gasteiger partial charge in [-0.2, -0.15) is 0 Å². The first-order valence-electron chi connectivity index (χ1n) is 7.00. The predicted molar refractivity (Wildman–Crippen MR) is 81.5 cm³/mol. The lowest BCUT2D eigenvalue weighted by Crippen LogP contribution is -2.45. The average Bonchev–Trinajstić information content (AvgIpc) is 2.47. The number of hydrogen-bond acceptors (Lipinski definition) is 4. The van der Waals surface area contributed by atoms with Gasteiger partial charge in [0.25, 0.3) is 0 Å². The molecule has 3 N–H and O–H groups in total. The first-order valence-corrected chi connectivity index (χ1v) is 8.48. The van der Waals surface area contributed by atoms with E-state index in [1.165, 1.54) is 19.2 Å². The van der Waals surface area contributed by atoms with Crippen LogP contribution < -0.4 is 15.4 Å². The molecular weight excluding hydrogens is 290 g/mol. The maximum absolute atomic E-state index is 12.2. The first kappa shape index (κ1) is 15.9. The smallest absolute Gasteiger partial charge is 0.241 e. The molecule has 1 amide bonds. The zero-order valence-corrected chi connectivity index (χ0v) is 13.0. The highest BCUT2D eigenvalue weighted by atomic mass is 32.2. The SMILES string of the molecule is CNS(=O)(=O)c1cccc(NC(=O)C2CC(C)CCN2)c1. The summed E-state index contributed by atoms with van der Waals surface area (Å²) in [7, 11) is -2.15. The van der Waals surface area contributed by atoms with Crippen molar-refractivity contribution in [3.8, 4) is 0 Å². The van der Waals surface area contributed by atoms with Crippen molar-refractivity contribution < 1.29 is 13.2 Å². The van der Waals surface area contributed by atoms with Crippen LogP contribution in [0.5, 0.6) is 0 Å². The van der Waals surface area contributed by atoms with Crippen LogP contribution in [0.15, 0.2) is 29.2 Å². The molecule has 1 fully saturated rings. The lowest BCUT2D eigenvalue weighted by molar-refractivity contribution is -0.119. The Balaban J connectivity index is 2.09. The number of nitrogens with one attached hydrogen (secondary N) is 3. The van der Waals surface area contributed by atoms with Gasteiger partial charge in [0.1, 0.15) is 0 Å². The number of anilines is 1. The lowest BCUT2D eigenvalue weighted by atomic mass is 9.94. The van der Waals surface area contributed by atoms with E-state index in [0.717, 1.165) is 19.4 Å². The minimum Gasteiger partial charge on any atom is -0.325 e. The number of hydrogen-bond donors (Lipinski definition) is 3. The minimum absolute atomic E-state index is 0.124. The predicted octanol–water partition coefficient (Wildman–Crippen LogP) is 0.921. The molecule has 0 aromatic heterocycles. The Morgan fingerprint density at radius 3 is 2.81 bits per heavy atom. The van der Waals surface area contributed by atoms with E-state index in [1.807, 2.05) is 0 Å². The van der Waals surface area contributed by atoms with Crippen molar-refractivity contribution in [2.75, 3.05) is 18.9 Å². The van der Waals surface area contributed by atoms with Crippen LogP contribution in [0.25, 0.3) is 0 Å². The number of sulfonamides is 1. The number of piperidine rings is 1. The summed E-state index contributed by atoms with van der Waals surface area (Å²) in [4.78, 5) is 12.3. The van der Waals surface area contributed by atoms with Crippen molar-refractivity contribution in [2.24, 2.45) is 5.92 Å². The second-order valence-electron chi connectivity index (χ2n) is 5.36. The van der Waals surface area contributed by atoms with E-state index in [2.05, 4.69) is 22.3 Å². The van der Waals surface area contributed by atoms with Gasteiger partial charge in [0.2, 0.25) is 15.9 Å². The van der Waals surface area contributed by atoms with Gasteiger partial charge in [-0.05, 0) is 50.6 Å². The van der Waals surface area contributed by atoms with Crippen LogP contribution in [-0.4, -0.2) is 34.0 Å². The van der Waals surface area contributed by atoms with Crippen LogP contribution in [0.3, 0.4) is 0 Å². The molecule has 7 heteroatoms. The quantitative estimate of drug-likeness (QED) is 0.772. The summed E-state index contributed by atoms with van der Waals surface area (Å²) in [6.07, 6.45) is 1.86. The molecule has 1 aliphatic heterocycles. The Kier molecular flexibility index (Phi) is 4.97. The monoisotopic (exact) mass is 311 g/mol. The van der Waals surface area contributed by atoms with E-state index in [-0.39, 0.29) is 16.8 Å². The summed E-state index contributed by atoms with van der Waals surface area (Å²) in [6.45, 7) is 2.95. The highest BCUT2D eigenvalue weighted by molar-refractivity contribution is 7.89. The van der Waals surface area contributed by atoms with Gasteiger partial charge in [-0.15, -0.1) is 0 Å². The summed E-state index contributed by atoms with van der Waals surface area (Å²) in [5.41, 5.74) is 0.483. The summed E-state index contributed by atoms with van der Waals surface area (Å²) < 4.78 is 25.7. The van der Waals surface area contributed by atoms with Gasteiger partial charge in [0.05, 0.1) is 10.9 Å². The molecule has 2 atom stereocenters. The van der Waals surface area contributed by atoms with E-state index in [9.17, 15) is 13.2 Å². The van der Waals surface area contributed by atoms with E-state index >= 15 is 0 Å². The fourth-order valence-electron chi connectivity index (χ4n) is 2.40. The largest absolute Gasteiger partial charge is 0.325 e. The zero-order chi connectivity index (χ0) is 15.5. The van der Waals surface area contributed by atoms with Gasteiger partial charge in [-0.1, -0.05) is 13.0 Å². The molecule has 1 heterocycles. The maximum atomic E-state index is 12.2. The lowest BCUT2D eigenvalue weighted by Gasteiger charge is -2.27. The second kappa shape index (κ2) is 6.55. The molecule has 0 saturated carbocycles. The molecule has 0 aliphatic carbocycles. The van der Waals surface area contributed by atoms with Gasteiger partial charge < -0.3 is 10.6 Å². The average molecular weight is 311 g/mol. The molecule has 6 nitrogen and oxygen atoms in total. The molecule has 2 unspecified atom stereocenters. The fraction of sp³-hybridized carbons (Fsp3) is 0.500. The van der Waals surface area contributed by atoms with Crippen LogP contribution in [0.1, 0.15) is 19.8 Å². The van der Waals surface area contributed by atoms with E-state index in [4.69, 9.17) is 0 Å². The van der Waals surface area contributed by atoms with Crippen molar-refractivity contribution in [2.45, 2.75) is 30.7 Å². The number of amides is 1. The van der Waals surface area contributed by atoms with Crippen LogP contribution in [0.2, 0.25) is 0 Å². The number of rotatable bonds is 4. The van der Waals surface area contributed by atoms with Crippen LogP contribution in [0.4, 0.5) is 5.69 Å². The Morgan fingerprint density at radius 2 is 2.14 bits per heavy atom. The van der Waals surface area contributed by atoms with Crippen LogP contribution in [-0.2, 0) is 14.8 Å². The molecule has 1 aromatic rings. The molecule has 116 valence electrons. The van der Waals surface area contributed by atoms with Gasteiger partial charge in [-0.3, -0.25) is 4.79 Å². The Bertz CT molecular complexity index is 616. The Labute approximate surface area is 125 Å². The maximum Gasteiger partial charge on any atom is 0.241 e. The van der Waals surface area contributed by atoms with Crippen molar-refractivity contribution >= 4 is 21.6 Å². The van der Waals surface area contributed by atoms with Crippen LogP contribution >= 0.6 is 0 Å². The standard InChI is InChI=1S/C14H21N3O3S/c1-10-6-7-16-13(8-10)14(18)17-11-4-3-5-12(9-11)21(19,20)15-2/h3-5,9-10,13,15-16H,6-8H2,1-2H3,(H,17,18). The van der Waals surface area contributed by atoms with Crippen LogP contribution in [0, 0.1) is 5.92 Å². The number of benzene rings is 1. The van der Waals surface area contributed by atoms with Gasteiger partial charge in [0.15, 0.2) is 0 Å². The molecule has 0 spiro atoms. The molecule has 21 heavy (non-hydrogen) atoms. The summed E-state index contributed by atoms with van der Waals surface area (Å²) >= 11 is 0. The Morgan fingerprint density at radius 1 is 1.38 bits per heavy atom. The third kappa shape index (κ3) is 4.03. The molecular formula is C14H21N3O3S. The molecule has 0 radical (unpaired) electrons. The summed E-state index contributed by atoms with van der Waals surface area (Å²) in [6, 6.07) is 6.01. The number of carbonyl (C=O) groups is 1. The molecule has 1 saturated heterocycles. The molecule has 1 aromatic carbocycles. The van der Waals surface area contributed by atoms with Gasteiger partial charge in [-0.25, -0.2) is 13.1 Å². The summed E-state index contributed by atoms with van der Waals surface area (Å²) in [5.74, 6) is 0.388. The van der Waals surface area contributed by atoms with Crippen molar-refractivity contribution in [3.05, 3.63) is 24.3 Å². The first-order chi connectivity index (χ1) is 9.92. The minimum atomic E-state index is -3.51. The molecule has 1 aliphatic rings. The van der Waals surface area contributed by atoms with E-state index in [1.54, 1.807) is 12.1 Å².